The number of hydrogen-bond donors (Lipinski definition) is 1. The van der Waals surface area contributed by atoms with Crippen LogP contribution in [0.4, 0.5) is 0 Å². The Bertz CT molecular complexity index is 358. The topological polar surface area (TPSA) is 15.3 Å². The Labute approximate surface area is 105 Å². The summed E-state index contributed by atoms with van der Waals surface area (Å²) in [5.74, 6) is 0. The molecule has 1 N–H and O–H groups in total. The summed E-state index contributed by atoms with van der Waals surface area (Å²) in [6.45, 7) is 3.30. The van der Waals surface area contributed by atoms with Gasteiger partial charge in [0.25, 0.3) is 0 Å². The van der Waals surface area contributed by atoms with Gasteiger partial charge >= 0.3 is 0 Å². The third-order valence-corrected chi connectivity index (χ3v) is 4.08. The van der Waals surface area contributed by atoms with Crippen molar-refractivity contribution in [3.05, 3.63) is 35.4 Å². The zero-order valence-corrected chi connectivity index (χ0v) is 11.2. The Morgan fingerprint density at radius 3 is 2.59 bits per heavy atom. The van der Waals surface area contributed by atoms with Crippen LogP contribution in [-0.4, -0.2) is 31.6 Å². The Kier molecular flexibility index (Phi) is 4.19. The normalized spacial score (nSPS) is 18.1. The van der Waals surface area contributed by atoms with Crippen molar-refractivity contribution >= 4 is 0 Å². The quantitative estimate of drug-likeness (QED) is 0.840. The SMILES string of the molecule is CNC(CN(C)C1CCC1)c1ccccc1C. The van der Waals surface area contributed by atoms with E-state index < -0.39 is 0 Å². The highest BCUT2D eigenvalue weighted by molar-refractivity contribution is 5.29. The first kappa shape index (κ1) is 12.6. The summed E-state index contributed by atoms with van der Waals surface area (Å²) in [5, 5.41) is 3.45. The highest BCUT2D eigenvalue weighted by Gasteiger charge is 2.24. The standard InChI is InChI=1S/C15H24N2/c1-12-7-4-5-10-14(12)15(16-2)11-17(3)13-8-6-9-13/h4-5,7,10,13,15-16H,6,8-9,11H2,1-3H3. The lowest BCUT2D eigenvalue weighted by atomic mass is 9.91. The van der Waals surface area contributed by atoms with E-state index in [1.165, 1.54) is 30.4 Å². The maximum Gasteiger partial charge on any atom is 0.0449 e. The summed E-state index contributed by atoms with van der Waals surface area (Å²) in [4.78, 5) is 2.51. The molecule has 1 fully saturated rings. The largest absolute Gasteiger partial charge is 0.312 e. The van der Waals surface area contributed by atoms with Crippen LogP contribution in [0.2, 0.25) is 0 Å². The van der Waals surface area contributed by atoms with E-state index in [2.05, 4.69) is 55.5 Å². The number of nitrogens with one attached hydrogen (secondary N) is 1. The first-order chi connectivity index (χ1) is 8.22. The van der Waals surface area contributed by atoms with Gasteiger partial charge in [0.15, 0.2) is 0 Å². The molecule has 1 unspecified atom stereocenters. The molecule has 1 aromatic carbocycles. The summed E-state index contributed by atoms with van der Waals surface area (Å²) in [6.07, 6.45) is 4.16. The highest BCUT2D eigenvalue weighted by atomic mass is 15.2. The van der Waals surface area contributed by atoms with Gasteiger partial charge in [0.1, 0.15) is 0 Å². The first-order valence-electron chi connectivity index (χ1n) is 6.65. The van der Waals surface area contributed by atoms with Crippen LogP contribution in [0.3, 0.4) is 0 Å². The molecular formula is C15H24N2. The molecule has 94 valence electrons. The zero-order chi connectivity index (χ0) is 12.3. The van der Waals surface area contributed by atoms with Gasteiger partial charge in [-0.25, -0.2) is 0 Å². The van der Waals surface area contributed by atoms with Crippen molar-refractivity contribution in [2.24, 2.45) is 0 Å². The van der Waals surface area contributed by atoms with Gasteiger partial charge in [-0.15, -0.1) is 0 Å². The van der Waals surface area contributed by atoms with E-state index in [0.29, 0.717) is 6.04 Å². The monoisotopic (exact) mass is 232 g/mol. The Balaban J connectivity index is 2.03. The molecule has 17 heavy (non-hydrogen) atoms. The van der Waals surface area contributed by atoms with Gasteiger partial charge < -0.3 is 10.2 Å². The van der Waals surface area contributed by atoms with E-state index in [0.717, 1.165) is 12.6 Å². The molecule has 1 aliphatic rings. The van der Waals surface area contributed by atoms with E-state index in [1.807, 2.05) is 0 Å². The Morgan fingerprint density at radius 2 is 2.06 bits per heavy atom. The fraction of sp³-hybridized carbons (Fsp3) is 0.600. The predicted octanol–water partition coefficient (Wildman–Crippen LogP) is 2.74. The Hall–Kier alpha value is -0.860. The van der Waals surface area contributed by atoms with Crippen LogP contribution in [0, 0.1) is 6.92 Å². The minimum absolute atomic E-state index is 0.446. The average Bonchev–Trinajstić information content (AvgIpc) is 2.24. The second kappa shape index (κ2) is 5.65. The van der Waals surface area contributed by atoms with Crippen molar-refractivity contribution in [2.75, 3.05) is 20.6 Å². The molecule has 1 saturated carbocycles. The van der Waals surface area contributed by atoms with Gasteiger partial charge in [0.05, 0.1) is 0 Å². The summed E-state index contributed by atoms with van der Waals surface area (Å²) < 4.78 is 0. The molecule has 0 amide bonds. The number of aryl methyl sites for hydroxylation is 1. The molecule has 0 bridgehead atoms. The molecule has 0 radical (unpaired) electrons. The molecule has 1 atom stereocenters. The fourth-order valence-electron chi connectivity index (χ4n) is 2.59. The third kappa shape index (κ3) is 2.88. The summed E-state index contributed by atoms with van der Waals surface area (Å²) >= 11 is 0. The van der Waals surface area contributed by atoms with E-state index in [9.17, 15) is 0 Å². The van der Waals surface area contributed by atoms with Gasteiger partial charge in [-0.3, -0.25) is 0 Å². The van der Waals surface area contributed by atoms with Gasteiger partial charge in [0.2, 0.25) is 0 Å². The van der Waals surface area contributed by atoms with Crippen LogP contribution >= 0.6 is 0 Å². The Morgan fingerprint density at radius 1 is 1.35 bits per heavy atom. The van der Waals surface area contributed by atoms with E-state index in [-0.39, 0.29) is 0 Å². The summed E-state index contributed by atoms with van der Waals surface area (Å²) in [5.41, 5.74) is 2.81. The van der Waals surface area contributed by atoms with Gasteiger partial charge in [-0.05, 0) is 45.0 Å². The molecule has 2 rings (SSSR count). The first-order valence-corrected chi connectivity index (χ1v) is 6.65. The molecule has 1 aromatic rings. The lowest BCUT2D eigenvalue weighted by Gasteiger charge is -2.37. The van der Waals surface area contributed by atoms with E-state index in [4.69, 9.17) is 0 Å². The molecule has 0 aliphatic heterocycles. The maximum atomic E-state index is 3.45. The lowest BCUT2D eigenvalue weighted by Crippen LogP contribution is -2.41. The van der Waals surface area contributed by atoms with E-state index >= 15 is 0 Å². The highest BCUT2D eigenvalue weighted by Crippen LogP contribution is 2.26. The minimum Gasteiger partial charge on any atom is -0.312 e. The van der Waals surface area contributed by atoms with Crippen LogP contribution in [-0.2, 0) is 0 Å². The summed E-state index contributed by atoms with van der Waals surface area (Å²) in [7, 11) is 4.32. The van der Waals surface area contributed by atoms with Crippen LogP contribution < -0.4 is 5.32 Å². The lowest BCUT2D eigenvalue weighted by molar-refractivity contribution is 0.146. The molecule has 0 spiro atoms. The predicted molar refractivity (Wildman–Crippen MR) is 73.2 cm³/mol. The molecule has 2 heteroatoms. The van der Waals surface area contributed by atoms with E-state index in [1.54, 1.807) is 0 Å². The van der Waals surface area contributed by atoms with Crippen molar-refractivity contribution in [1.29, 1.82) is 0 Å². The number of nitrogens with zero attached hydrogens (tertiary/aromatic N) is 1. The van der Waals surface area contributed by atoms with Crippen molar-refractivity contribution < 1.29 is 0 Å². The van der Waals surface area contributed by atoms with Crippen LogP contribution in [0.5, 0.6) is 0 Å². The molecule has 0 heterocycles. The minimum atomic E-state index is 0.446. The number of rotatable bonds is 5. The zero-order valence-electron chi connectivity index (χ0n) is 11.2. The summed E-state index contributed by atoms with van der Waals surface area (Å²) in [6, 6.07) is 9.95. The van der Waals surface area contributed by atoms with Gasteiger partial charge in [-0.2, -0.15) is 0 Å². The maximum absolute atomic E-state index is 3.45. The third-order valence-electron chi connectivity index (χ3n) is 4.08. The molecule has 2 nitrogen and oxygen atoms in total. The average molecular weight is 232 g/mol. The number of hydrogen-bond acceptors (Lipinski definition) is 2. The number of benzene rings is 1. The van der Waals surface area contributed by atoms with Crippen molar-refractivity contribution in [2.45, 2.75) is 38.3 Å². The number of likely N-dealkylation sites (N-methyl/N-ethyl adjacent to an activating group) is 2. The van der Waals surface area contributed by atoms with Crippen molar-refractivity contribution in [1.82, 2.24) is 10.2 Å². The van der Waals surface area contributed by atoms with Crippen molar-refractivity contribution in [3.63, 3.8) is 0 Å². The second-order valence-corrected chi connectivity index (χ2v) is 5.22. The van der Waals surface area contributed by atoms with Crippen LogP contribution in [0.25, 0.3) is 0 Å². The fourth-order valence-corrected chi connectivity index (χ4v) is 2.59. The molecule has 1 aliphatic carbocycles. The molecule has 0 saturated heterocycles. The second-order valence-electron chi connectivity index (χ2n) is 5.22. The van der Waals surface area contributed by atoms with Crippen LogP contribution in [0.1, 0.15) is 36.4 Å². The van der Waals surface area contributed by atoms with Gasteiger partial charge in [0, 0.05) is 18.6 Å². The van der Waals surface area contributed by atoms with Crippen molar-refractivity contribution in [3.8, 4) is 0 Å². The van der Waals surface area contributed by atoms with Gasteiger partial charge in [-0.1, -0.05) is 30.7 Å². The molecule has 0 aromatic heterocycles. The molecular weight excluding hydrogens is 208 g/mol. The van der Waals surface area contributed by atoms with Crippen LogP contribution in [0.15, 0.2) is 24.3 Å². The smallest absolute Gasteiger partial charge is 0.0449 e.